The minimum absolute atomic E-state index is 0.462. The molecule has 0 unspecified atom stereocenters. The topological polar surface area (TPSA) is 51.6 Å². The van der Waals surface area contributed by atoms with Crippen molar-refractivity contribution in [1.29, 1.82) is 0 Å². The first-order valence-electron chi connectivity index (χ1n) is 21.6. The van der Waals surface area contributed by atoms with Crippen LogP contribution in [-0.2, 0) is 5.41 Å². The number of hydrogen-bond donors (Lipinski definition) is 0. The Morgan fingerprint density at radius 3 is 1.42 bits per heavy atom. The van der Waals surface area contributed by atoms with Crippen molar-refractivity contribution in [3.05, 3.63) is 241 Å². The van der Waals surface area contributed by atoms with Crippen molar-refractivity contribution in [3.8, 4) is 67.7 Å². The maximum Gasteiger partial charge on any atom is 0.164 e. The van der Waals surface area contributed by atoms with E-state index in [1.165, 1.54) is 54.1 Å². The summed E-state index contributed by atoms with van der Waals surface area (Å²) in [5, 5.41) is 3.51. The molecule has 0 atom stereocenters. The molecule has 11 aromatic rings. The summed E-state index contributed by atoms with van der Waals surface area (Å²) < 4.78 is 0. The van der Waals surface area contributed by atoms with Crippen LogP contribution in [0.25, 0.3) is 89.4 Å². The van der Waals surface area contributed by atoms with Crippen molar-refractivity contribution in [2.75, 3.05) is 0 Å². The number of rotatable bonds is 5. The zero-order chi connectivity index (χ0) is 42.2. The molecule has 0 bridgehead atoms. The molecule has 2 aliphatic rings. The van der Waals surface area contributed by atoms with E-state index in [1.807, 2.05) is 48.2 Å². The SMILES string of the molecule is c1ccc(-c2ccc(-c3nc(-c4ccccc4)nc(-c4ccc(-c5nc6ccccc6c6c7c(ccc56)C5(c6ccccc6S7)c6ccccc6-c6ccccc65)cc4)n3)cc2)cc1. The Bertz CT molecular complexity index is 3580. The molecule has 3 heterocycles. The number of nitrogens with zero attached hydrogens (tertiary/aromatic N) is 4. The van der Waals surface area contributed by atoms with E-state index in [4.69, 9.17) is 19.9 Å². The summed E-state index contributed by atoms with van der Waals surface area (Å²) >= 11 is 1.89. The summed E-state index contributed by atoms with van der Waals surface area (Å²) in [6.07, 6.45) is 0. The predicted octanol–water partition coefficient (Wildman–Crippen LogP) is 14.7. The van der Waals surface area contributed by atoms with E-state index in [9.17, 15) is 0 Å². The Labute approximate surface area is 375 Å². The van der Waals surface area contributed by atoms with Crippen LogP contribution in [0.4, 0.5) is 0 Å². The summed E-state index contributed by atoms with van der Waals surface area (Å²) in [6.45, 7) is 0. The molecule has 5 heteroatoms. The van der Waals surface area contributed by atoms with Crippen molar-refractivity contribution < 1.29 is 0 Å². The van der Waals surface area contributed by atoms with Gasteiger partial charge in [0.2, 0.25) is 0 Å². The Morgan fingerprint density at radius 2 is 0.781 bits per heavy atom. The van der Waals surface area contributed by atoms with Gasteiger partial charge >= 0.3 is 0 Å². The largest absolute Gasteiger partial charge is 0.247 e. The molecule has 0 radical (unpaired) electrons. The molecule has 0 N–H and O–H groups in total. The molecule has 298 valence electrons. The fourth-order valence-corrected chi connectivity index (χ4v) is 11.5. The molecule has 4 nitrogen and oxygen atoms in total. The number of hydrogen-bond acceptors (Lipinski definition) is 5. The van der Waals surface area contributed by atoms with E-state index in [2.05, 4.69) is 182 Å². The van der Waals surface area contributed by atoms with Crippen LogP contribution in [-0.4, -0.2) is 19.9 Å². The van der Waals surface area contributed by atoms with Crippen LogP contribution in [0.2, 0.25) is 0 Å². The summed E-state index contributed by atoms with van der Waals surface area (Å²) in [5.74, 6) is 1.88. The van der Waals surface area contributed by atoms with E-state index in [0.717, 1.165) is 49.8 Å². The van der Waals surface area contributed by atoms with Crippen molar-refractivity contribution in [2.24, 2.45) is 0 Å². The van der Waals surface area contributed by atoms with E-state index >= 15 is 0 Å². The van der Waals surface area contributed by atoms with Gasteiger partial charge in [0.05, 0.1) is 16.6 Å². The monoisotopic (exact) mass is 832 g/mol. The Morgan fingerprint density at radius 1 is 0.312 bits per heavy atom. The summed E-state index contributed by atoms with van der Waals surface area (Å²) in [6, 6.07) is 77.9. The maximum atomic E-state index is 5.42. The molecule has 1 aliphatic carbocycles. The number of fused-ring (bicyclic) bond motifs is 13. The lowest BCUT2D eigenvalue weighted by molar-refractivity contribution is 0.726. The van der Waals surface area contributed by atoms with E-state index in [-0.39, 0.29) is 0 Å². The fraction of sp³-hybridized carbons (Fsp3) is 0.0169. The third kappa shape index (κ3) is 5.57. The Balaban J connectivity index is 0.969. The number of pyridine rings is 1. The van der Waals surface area contributed by atoms with Crippen LogP contribution in [0.3, 0.4) is 0 Å². The quantitative estimate of drug-likeness (QED) is 0.162. The molecule has 1 spiro atoms. The minimum Gasteiger partial charge on any atom is -0.247 e. The second-order valence-corrected chi connectivity index (χ2v) is 17.5. The lowest BCUT2D eigenvalue weighted by Gasteiger charge is -2.40. The lowest BCUT2D eigenvalue weighted by atomic mass is 9.67. The van der Waals surface area contributed by atoms with Crippen molar-refractivity contribution in [1.82, 2.24) is 19.9 Å². The average molecular weight is 833 g/mol. The van der Waals surface area contributed by atoms with Gasteiger partial charge in [0.25, 0.3) is 0 Å². The predicted molar refractivity (Wildman–Crippen MR) is 261 cm³/mol. The third-order valence-corrected chi connectivity index (χ3v) is 14.2. The highest BCUT2D eigenvalue weighted by Gasteiger charge is 2.50. The van der Waals surface area contributed by atoms with Gasteiger partial charge in [-0.15, -0.1) is 0 Å². The van der Waals surface area contributed by atoms with Crippen LogP contribution in [0.15, 0.2) is 228 Å². The smallest absolute Gasteiger partial charge is 0.164 e. The van der Waals surface area contributed by atoms with E-state index in [0.29, 0.717) is 17.5 Å². The van der Waals surface area contributed by atoms with Gasteiger partial charge in [-0.2, -0.15) is 0 Å². The van der Waals surface area contributed by atoms with Crippen LogP contribution >= 0.6 is 11.8 Å². The molecule has 9 aromatic carbocycles. The highest BCUT2D eigenvalue weighted by atomic mass is 32.2. The van der Waals surface area contributed by atoms with E-state index in [1.54, 1.807) is 0 Å². The zero-order valence-electron chi connectivity index (χ0n) is 34.5. The van der Waals surface area contributed by atoms with Gasteiger partial charge in [0, 0.05) is 48.2 Å². The first kappa shape index (κ1) is 36.6. The normalized spacial score (nSPS) is 13.1. The minimum atomic E-state index is -0.462. The highest BCUT2D eigenvalue weighted by molar-refractivity contribution is 7.99. The Kier molecular flexibility index (Phi) is 8.33. The first-order valence-corrected chi connectivity index (χ1v) is 22.4. The average Bonchev–Trinajstić information content (AvgIpc) is 3.67. The van der Waals surface area contributed by atoms with Crippen molar-refractivity contribution >= 4 is 33.4 Å². The van der Waals surface area contributed by atoms with Crippen LogP contribution in [0.5, 0.6) is 0 Å². The van der Waals surface area contributed by atoms with Gasteiger partial charge in [0.15, 0.2) is 17.5 Å². The zero-order valence-corrected chi connectivity index (χ0v) is 35.3. The van der Waals surface area contributed by atoms with Gasteiger partial charge in [-0.25, -0.2) is 19.9 Å². The Hall–Kier alpha value is -7.99. The summed E-state index contributed by atoms with van der Waals surface area (Å²) in [7, 11) is 0. The van der Waals surface area contributed by atoms with Crippen LogP contribution in [0, 0.1) is 0 Å². The lowest BCUT2D eigenvalue weighted by Crippen LogP contribution is -2.32. The molecule has 64 heavy (non-hydrogen) atoms. The molecular formula is C59H36N4S. The molecule has 0 amide bonds. The van der Waals surface area contributed by atoms with E-state index < -0.39 is 5.41 Å². The molecule has 0 saturated heterocycles. The van der Waals surface area contributed by atoms with Gasteiger partial charge in [-0.1, -0.05) is 218 Å². The summed E-state index contributed by atoms with van der Waals surface area (Å²) in [5.41, 5.74) is 15.5. The molecule has 0 fully saturated rings. The molecule has 0 saturated carbocycles. The molecule has 13 rings (SSSR count). The standard InChI is InChI=1S/C59H36N4S/c1-3-15-37(16-4-1)38-27-31-41(32-28-38)57-61-56(40-17-5-2-6-18-40)62-58(63-57)42-33-29-39(30-34-42)54-46-35-36-50-55(53(46)45-21-9-13-25-51(45)60-54)64-52-26-14-12-24-49(52)59(50)47-22-10-7-19-43(47)44-20-8-11-23-48(44)59/h1-36H. The highest BCUT2D eigenvalue weighted by Crippen LogP contribution is 2.63. The van der Waals surface area contributed by atoms with Gasteiger partial charge in [-0.3, -0.25) is 0 Å². The summed E-state index contributed by atoms with van der Waals surface area (Å²) in [4.78, 5) is 23.1. The maximum absolute atomic E-state index is 5.42. The van der Waals surface area contributed by atoms with Crippen LogP contribution < -0.4 is 0 Å². The molecule has 2 aromatic heterocycles. The van der Waals surface area contributed by atoms with Gasteiger partial charge in [0.1, 0.15) is 0 Å². The van der Waals surface area contributed by atoms with Crippen molar-refractivity contribution in [2.45, 2.75) is 15.2 Å². The third-order valence-electron chi connectivity index (χ3n) is 13.0. The number of aromatic nitrogens is 4. The first-order chi connectivity index (χ1) is 31.7. The molecule has 1 aliphatic heterocycles. The number of benzene rings is 9. The van der Waals surface area contributed by atoms with Gasteiger partial charge < -0.3 is 0 Å². The fourth-order valence-electron chi connectivity index (χ4n) is 10.1. The van der Waals surface area contributed by atoms with Gasteiger partial charge in [-0.05, 0) is 56.6 Å². The second-order valence-electron chi connectivity index (χ2n) is 16.5. The van der Waals surface area contributed by atoms with Crippen molar-refractivity contribution in [3.63, 3.8) is 0 Å². The number of para-hydroxylation sites is 1. The molecular weight excluding hydrogens is 797 g/mol. The van der Waals surface area contributed by atoms with Crippen LogP contribution in [0.1, 0.15) is 22.3 Å². The second kappa shape index (κ2) is 14.6.